The smallest absolute Gasteiger partial charge is 0.338 e. The largest absolute Gasteiger partial charge is 0.459 e. The fourth-order valence-electron chi connectivity index (χ4n) is 4.79. The summed E-state index contributed by atoms with van der Waals surface area (Å²) in [7, 11) is 0. The minimum atomic E-state index is -1.55. The predicted octanol–water partition coefficient (Wildman–Crippen LogP) is 2.86. The highest BCUT2D eigenvalue weighted by molar-refractivity contribution is 5.91. The van der Waals surface area contributed by atoms with E-state index in [-0.39, 0.29) is 27.9 Å². The standard InChI is InChI=1S/C32H27N3O10/c1-19-23(17-33-41)35(32(40)34-27(19)36)28-26(45-31(39)22-15-9-4-10-16-22)25(44-30(38)21-13-7-3-8-14-21)24(43-28)18-42-29(37)20-11-5-2-6-12-20/h2-17,24-26,28,41H,18H2,1H3,(H,34,36,40)/b33-17+/t24-,25-,26-,28-/m1/s1. The van der Waals surface area contributed by atoms with Crippen LogP contribution in [0.3, 0.4) is 0 Å². The molecule has 0 amide bonds. The third kappa shape index (κ3) is 6.73. The summed E-state index contributed by atoms with van der Waals surface area (Å²) in [6, 6.07) is 24.0. The summed E-state index contributed by atoms with van der Waals surface area (Å²) in [6.45, 7) is 0.884. The first kappa shape index (κ1) is 30.6. The zero-order valence-electron chi connectivity index (χ0n) is 23.8. The van der Waals surface area contributed by atoms with Gasteiger partial charge in [-0.05, 0) is 43.3 Å². The van der Waals surface area contributed by atoms with Crippen LogP contribution in [0, 0.1) is 6.92 Å². The minimum Gasteiger partial charge on any atom is -0.459 e. The maximum Gasteiger partial charge on any atom is 0.338 e. The van der Waals surface area contributed by atoms with Crippen molar-refractivity contribution in [2.75, 3.05) is 6.61 Å². The summed E-state index contributed by atoms with van der Waals surface area (Å²) < 4.78 is 24.3. The van der Waals surface area contributed by atoms with Crippen molar-refractivity contribution in [1.82, 2.24) is 9.55 Å². The molecule has 2 N–H and O–H groups in total. The second-order valence-electron chi connectivity index (χ2n) is 9.89. The van der Waals surface area contributed by atoms with Crippen LogP contribution >= 0.6 is 0 Å². The quantitative estimate of drug-likeness (QED) is 0.0939. The van der Waals surface area contributed by atoms with Gasteiger partial charge in [0.05, 0.1) is 28.6 Å². The molecule has 4 atom stereocenters. The molecule has 4 aromatic rings. The van der Waals surface area contributed by atoms with Crippen molar-refractivity contribution in [1.29, 1.82) is 0 Å². The first-order valence-corrected chi connectivity index (χ1v) is 13.7. The Hall–Kier alpha value is -5.82. The highest BCUT2D eigenvalue weighted by atomic mass is 16.7. The predicted molar refractivity (Wildman–Crippen MR) is 157 cm³/mol. The molecule has 45 heavy (non-hydrogen) atoms. The minimum absolute atomic E-state index is 0.0269. The maximum atomic E-state index is 13.3. The third-order valence-corrected chi connectivity index (χ3v) is 7.04. The number of aromatic nitrogens is 2. The number of aromatic amines is 1. The number of rotatable bonds is 9. The van der Waals surface area contributed by atoms with E-state index in [1.54, 1.807) is 66.7 Å². The van der Waals surface area contributed by atoms with E-state index in [4.69, 9.17) is 18.9 Å². The van der Waals surface area contributed by atoms with Gasteiger partial charge in [0.2, 0.25) is 0 Å². The van der Waals surface area contributed by atoms with Gasteiger partial charge in [0.15, 0.2) is 18.4 Å². The van der Waals surface area contributed by atoms with Crippen LogP contribution in [0.1, 0.15) is 48.6 Å². The van der Waals surface area contributed by atoms with Gasteiger partial charge in [0.25, 0.3) is 5.56 Å². The molecule has 13 heteroatoms. The number of nitrogens with one attached hydrogen (secondary N) is 1. The molecule has 1 fully saturated rings. The second-order valence-corrected chi connectivity index (χ2v) is 9.89. The summed E-state index contributed by atoms with van der Waals surface area (Å²) in [5.74, 6) is -2.37. The van der Waals surface area contributed by atoms with Crippen LogP contribution in [-0.4, -0.2) is 63.8 Å². The fourth-order valence-corrected chi connectivity index (χ4v) is 4.79. The van der Waals surface area contributed by atoms with E-state index in [0.29, 0.717) is 0 Å². The van der Waals surface area contributed by atoms with Crippen LogP contribution in [-0.2, 0) is 18.9 Å². The Morgan fingerprint density at radius 2 is 1.31 bits per heavy atom. The normalized spacial score (nSPS) is 19.2. The Bertz CT molecular complexity index is 1820. The van der Waals surface area contributed by atoms with Crippen LogP contribution in [0.2, 0.25) is 0 Å². The van der Waals surface area contributed by atoms with E-state index in [1.165, 1.54) is 31.2 Å². The number of carbonyl (C=O) groups is 3. The van der Waals surface area contributed by atoms with Crippen LogP contribution in [0.15, 0.2) is 106 Å². The molecule has 1 aliphatic heterocycles. The number of benzene rings is 3. The molecule has 5 rings (SSSR count). The molecule has 0 unspecified atom stereocenters. The number of hydrogen-bond acceptors (Lipinski definition) is 11. The van der Waals surface area contributed by atoms with Crippen LogP contribution in [0.5, 0.6) is 0 Å². The van der Waals surface area contributed by atoms with Gasteiger partial charge >= 0.3 is 23.6 Å². The average molecular weight is 614 g/mol. The molecular formula is C32H27N3O10. The summed E-state index contributed by atoms with van der Waals surface area (Å²) in [4.78, 5) is 67.3. The lowest BCUT2D eigenvalue weighted by Crippen LogP contribution is -2.44. The topological polar surface area (TPSA) is 176 Å². The van der Waals surface area contributed by atoms with Gasteiger partial charge in [-0.3, -0.25) is 14.3 Å². The molecule has 3 aromatic carbocycles. The van der Waals surface area contributed by atoms with E-state index < -0.39 is 60.3 Å². The Labute approximate surface area is 255 Å². The monoisotopic (exact) mass is 613 g/mol. The van der Waals surface area contributed by atoms with E-state index in [9.17, 15) is 29.2 Å². The number of hydrogen-bond donors (Lipinski definition) is 2. The Morgan fingerprint density at radius 1 is 0.822 bits per heavy atom. The lowest BCUT2D eigenvalue weighted by molar-refractivity contribution is -0.0642. The van der Waals surface area contributed by atoms with Crippen LogP contribution in [0.25, 0.3) is 0 Å². The molecule has 0 saturated carbocycles. The highest BCUT2D eigenvalue weighted by Crippen LogP contribution is 2.35. The average Bonchev–Trinajstić information content (AvgIpc) is 3.39. The maximum absolute atomic E-state index is 13.3. The zero-order chi connectivity index (χ0) is 31.9. The number of esters is 3. The van der Waals surface area contributed by atoms with Gasteiger partial charge in [-0.2, -0.15) is 0 Å². The van der Waals surface area contributed by atoms with Gasteiger partial charge in [0, 0.05) is 5.56 Å². The Kier molecular flexibility index (Phi) is 9.29. The zero-order valence-corrected chi connectivity index (χ0v) is 23.8. The SMILES string of the molecule is Cc1c(/C=N/O)n([C@@H]2O[C@H](COC(=O)c3ccccc3)[C@@H](OC(=O)c3ccccc3)[C@H]2OC(=O)c2ccccc2)c(=O)[nH]c1=O. The first-order chi connectivity index (χ1) is 21.8. The number of nitrogens with zero attached hydrogens (tertiary/aromatic N) is 2. The molecule has 1 aromatic heterocycles. The van der Waals surface area contributed by atoms with E-state index >= 15 is 0 Å². The number of ether oxygens (including phenoxy) is 4. The molecule has 0 spiro atoms. The molecule has 230 valence electrons. The number of carbonyl (C=O) groups excluding carboxylic acids is 3. The first-order valence-electron chi connectivity index (χ1n) is 13.7. The highest BCUT2D eigenvalue weighted by Gasteiger charge is 2.52. The van der Waals surface area contributed by atoms with Gasteiger partial charge in [-0.15, -0.1) is 0 Å². The Balaban J connectivity index is 1.59. The van der Waals surface area contributed by atoms with Crippen molar-refractivity contribution < 1.29 is 38.5 Å². The molecule has 0 bridgehead atoms. The van der Waals surface area contributed by atoms with E-state index in [0.717, 1.165) is 10.8 Å². The van der Waals surface area contributed by atoms with Crippen molar-refractivity contribution in [2.45, 2.75) is 31.5 Å². The molecule has 0 radical (unpaired) electrons. The van der Waals surface area contributed by atoms with Gasteiger partial charge in [-0.25, -0.2) is 19.2 Å². The molecule has 0 aliphatic carbocycles. The molecular weight excluding hydrogens is 586 g/mol. The van der Waals surface area contributed by atoms with Crippen LogP contribution in [0.4, 0.5) is 0 Å². The summed E-state index contributed by atoms with van der Waals surface area (Å²) in [6.07, 6.45) is -4.94. The summed E-state index contributed by atoms with van der Waals surface area (Å²) in [5.41, 5.74) is -1.41. The van der Waals surface area contributed by atoms with E-state index in [2.05, 4.69) is 10.1 Å². The van der Waals surface area contributed by atoms with E-state index in [1.807, 2.05) is 0 Å². The molecule has 2 heterocycles. The van der Waals surface area contributed by atoms with Crippen LogP contribution < -0.4 is 11.2 Å². The number of H-pyrrole nitrogens is 1. The lowest BCUT2D eigenvalue weighted by atomic mass is 10.1. The fraction of sp³-hybridized carbons (Fsp3) is 0.188. The van der Waals surface area contributed by atoms with Crippen molar-refractivity contribution in [3.63, 3.8) is 0 Å². The molecule has 13 nitrogen and oxygen atoms in total. The summed E-state index contributed by atoms with van der Waals surface area (Å²) in [5, 5.41) is 12.3. The third-order valence-electron chi connectivity index (χ3n) is 7.04. The molecule has 1 saturated heterocycles. The number of oxime groups is 1. The Morgan fingerprint density at radius 3 is 1.82 bits per heavy atom. The molecule has 1 aliphatic rings. The van der Waals surface area contributed by atoms with Gasteiger partial charge in [0.1, 0.15) is 12.7 Å². The van der Waals surface area contributed by atoms with Crippen molar-refractivity contribution >= 4 is 24.1 Å². The van der Waals surface area contributed by atoms with Crippen molar-refractivity contribution in [3.8, 4) is 0 Å². The van der Waals surface area contributed by atoms with Crippen molar-refractivity contribution in [3.05, 3.63) is 140 Å². The summed E-state index contributed by atoms with van der Waals surface area (Å²) >= 11 is 0. The lowest BCUT2D eigenvalue weighted by Gasteiger charge is -2.26. The second kappa shape index (κ2) is 13.7. The van der Waals surface area contributed by atoms with Gasteiger partial charge < -0.3 is 24.2 Å². The van der Waals surface area contributed by atoms with Crippen molar-refractivity contribution in [2.24, 2.45) is 5.16 Å². The van der Waals surface area contributed by atoms with Gasteiger partial charge in [-0.1, -0.05) is 59.8 Å².